The van der Waals surface area contributed by atoms with Gasteiger partial charge >= 0.3 is 5.69 Å². The number of carbonyl (C=O) groups is 1. The molecule has 11 heavy (non-hydrogen) atoms. The molecule has 1 rings (SSSR count). The van der Waals surface area contributed by atoms with E-state index >= 15 is 0 Å². The first-order chi connectivity index (χ1) is 5.11. The lowest BCUT2D eigenvalue weighted by molar-refractivity contribution is -0.118. The van der Waals surface area contributed by atoms with Gasteiger partial charge in [-0.05, 0) is 0 Å². The molecule has 0 unspecified atom stereocenters. The summed E-state index contributed by atoms with van der Waals surface area (Å²) in [6.07, 6.45) is 3.10. The molecule has 5 nitrogen and oxygen atoms in total. The van der Waals surface area contributed by atoms with Crippen LogP contribution in [0.5, 0.6) is 0 Å². The number of hydrogen-bond acceptors (Lipinski definition) is 2. The molecular weight excluding hydrogens is 146 g/mol. The Kier molecular flexibility index (Phi) is 1.80. The zero-order chi connectivity index (χ0) is 8.43. The first kappa shape index (κ1) is 7.59. The fourth-order valence-corrected chi connectivity index (χ4v) is 0.799. The number of aromatic nitrogens is 2. The molecule has 0 aliphatic carbocycles. The third-order valence-corrected chi connectivity index (χ3v) is 1.34. The Morgan fingerprint density at radius 1 is 1.64 bits per heavy atom. The SMILES string of the molecule is Cn1ccn(CC(N)=O)c1=O. The molecule has 0 aliphatic heterocycles. The van der Waals surface area contributed by atoms with Crippen molar-refractivity contribution in [2.24, 2.45) is 12.8 Å². The van der Waals surface area contributed by atoms with Crippen LogP contribution in [0.1, 0.15) is 0 Å². The fraction of sp³-hybridized carbons (Fsp3) is 0.333. The molecule has 0 spiro atoms. The number of nitrogens with zero attached hydrogens (tertiary/aromatic N) is 2. The van der Waals surface area contributed by atoms with E-state index in [1.54, 1.807) is 13.2 Å². The Morgan fingerprint density at radius 2 is 2.27 bits per heavy atom. The van der Waals surface area contributed by atoms with E-state index in [1.807, 2.05) is 0 Å². The first-order valence-corrected chi connectivity index (χ1v) is 3.11. The van der Waals surface area contributed by atoms with Gasteiger partial charge in [0.2, 0.25) is 5.91 Å². The maximum Gasteiger partial charge on any atom is 0.328 e. The van der Waals surface area contributed by atoms with Crippen molar-refractivity contribution in [2.75, 3.05) is 0 Å². The summed E-state index contributed by atoms with van der Waals surface area (Å²) in [6, 6.07) is 0. The summed E-state index contributed by atoms with van der Waals surface area (Å²) in [5.41, 5.74) is 4.66. The molecule has 1 heterocycles. The van der Waals surface area contributed by atoms with Crippen LogP contribution in [0.15, 0.2) is 17.2 Å². The molecular formula is C6H9N3O2. The van der Waals surface area contributed by atoms with Crippen molar-refractivity contribution in [1.82, 2.24) is 9.13 Å². The molecule has 0 saturated carbocycles. The average Bonchev–Trinajstić information content (AvgIpc) is 2.18. The number of rotatable bonds is 2. The van der Waals surface area contributed by atoms with Gasteiger partial charge < -0.3 is 10.3 Å². The van der Waals surface area contributed by atoms with Crippen molar-refractivity contribution >= 4 is 5.91 Å². The highest BCUT2D eigenvalue weighted by molar-refractivity contribution is 5.73. The van der Waals surface area contributed by atoms with Crippen molar-refractivity contribution in [2.45, 2.75) is 6.54 Å². The molecule has 0 aliphatic rings. The molecule has 0 radical (unpaired) electrons. The van der Waals surface area contributed by atoms with E-state index < -0.39 is 5.91 Å². The molecule has 0 bridgehead atoms. The number of primary amides is 1. The normalized spacial score (nSPS) is 9.91. The van der Waals surface area contributed by atoms with Crippen molar-refractivity contribution in [3.8, 4) is 0 Å². The number of nitrogens with two attached hydrogens (primary N) is 1. The highest BCUT2D eigenvalue weighted by Crippen LogP contribution is 1.80. The molecule has 0 saturated heterocycles. The standard InChI is InChI=1S/C6H9N3O2/c1-8-2-3-9(6(8)11)4-5(7)10/h2-3H,4H2,1H3,(H2,7,10). The van der Waals surface area contributed by atoms with E-state index in [-0.39, 0.29) is 12.2 Å². The summed E-state index contributed by atoms with van der Waals surface area (Å²) in [7, 11) is 1.61. The topological polar surface area (TPSA) is 70.0 Å². The van der Waals surface area contributed by atoms with Gasteiger partial charge in [0, 0.05) is 19.4 Å². The van der Waals surface area contributed by atoms with Crippen LogP contribution in [0, 0.1) is 0 Å². The summed E-state index contributed by atoms with van der Waals surface area (Å²) in [5, 5.41) is 0. The van der Waals surface area contributed by atoms with Gasteiger partial charge in [0.25, 0.3) is 0 Å². The number of amides is 1. The Balaban J connectivity index is 2.97. The largest absolute Gasteiger partial charge is 0.368 e. The monoisotopic (exact) mass is 155 g/mol. The van der Waals surface area contributed by atoms with E-state index in [1.165, 1.54) is 15.3 Å². The maximum atomic E-state index is 11.0. The highest BCUT2D eigenvalue weighted by Gasteiger charge is 2.01. The summed E-state index contributed by atoms with van der Waals surface area (Å²) in [6.45, 7) is -0.0559. The molecule has 0 aromatic carbocycles. The molecule has 0 fully saturated rings. The second-order valence-electron chi connectivity index (χ2n) is 2.29. The van der Waals surface area contributed by atoms with E-state index in [0.717, 1.165) is 0 Å². The minimum Gasteiger partial charge on any atom is -0.368 e. The van der Waals surface area contributed by atoms with Crippen LogP contribution in [-0.4, -0.2) is 15.0 Å². The zero-order valence-corrected chi connectivity index (χ0v) is 6.15. The average molecular weight is 155 g/mol. The van der Waals surface area contributed by atoms with Gasteiger partial charge in [-0.15, -0.1) is 0 Å². The summed E-state index contributed by atoms with van der Waals surface area (Å²) in [4.78, 5) is 21.4. The summed E-state index contributed by atoms with van der Waals surface area (Å²) < 4.78 is 2.63. The number of imidazole rings is 1. The Bertz CT molecular complexity index is 323. The predicted octanol–water partition coefficient (Wildman–Crippen LogP) is -1.33. The van der Waals surface area contributed by atoms with Gasteiger partial charge in [0.15, 0.2) is 0 Å². The number of aryl methyl sites for hydroxylation is 1. The van der Waals surface area contributed by atoms with Gasteiger partial charge in [-0.1, -0.05) is 0 Å². The molecule has 60 valence electrons. The Hall–Kier alpha value is -1.52. The minimum atomic E-state index is -0.515. The summed E-state index contributed by atoms with van der Waals surface area (Å²) >= 11 is 0. The van der Waals surface area contributed by atoms with E-state index in [0.29, 0.717) is 0 Å². The van der Waals surface area contributed by atoms with Gasteiger partial charge in [-0.3, -0.25) is 9.36 Å². The predicted molar refractivity (Wildman–Crippen MR) is 38.9 cm³/mol. The van der Waals surface area contributed by atoms with Gasteiger partial charge in [-0.25, -0.2) is 4.79 Å². The second-order valence-corrected chi connectivity index (χ2v) is 2.29. The number of carbonyl (C=O) groups excluding carboxylic acids is 1. The van der Waals surface area contributed by atoms with Crippen LogP contribution in [0.3, 0.4) is 0 Å². The van der Waals surface area contributed by atoms with Crippen molar-refractivity contribution < 1.29 is 4.79 Å². The zero-order valence-electron chi connectivity index (χ0n) is 6.15. The van der Waals surface area contributed by atoms with Crippen molar-refractivity contribution in [3.05, 3.63) is 22.9 Å². The van der Waals surface area contributed by atoms with E-state index in [4.69, 9.17) is 5.73 Å². The quantitative estimate of drug-likeness (QED) is 0.575. The molecule has 0 atom stereocenters. The molecule has 1 aromatic heterocycles. The van der Waals surface area contributed by atoms with Gasteiger partial charge in [-0.2, -0.15) is 0 Å². The maximum absolute atomic E-state index is 11.0. The van der Waals surface area contributed by atoms with Crippen LogP contribution >= 0.6 is 0 Å². The van der Waals surface area contributed by atoms with Gasteiger partial charge in [0.1, 0.15) is 6.54 Å². The van der Waals surface area contributed by atoms with E-state index in [2.05, 4.69) is 0 Å². The molecule has 1 aromatic rings. The molecule has 1 amide bonds. The second kappa shape index (κ2) is 2.61. The van der Waals surface area contributed by atoms with Crippen LogP contribution in [0.2, 0.25) is 0 Å². The fourth-order valence-electron chi connectivity index (χ4n) is 0.799. The molecule has 5 heteroatoms. The smallest absolute Gasteiger partial charge is 0.328 e. The highest BCUT2D eigenvalue weighted by atomic mass is 16.2. The van der Waals surface area contributed by atoms with Crippen molar-refractivity contribution in [1.29, 1.82) is 0 Å². The van der Waals surface area contributed by atoms with Crippen LogP contribution in [-0.2, 0) is 18.4 Å². The number of hydrogen-bond donors (Lipinski definition) is 1. The van der Waals surface area contributed by atoms with Crippen LogP contribution in [0.25, 0.3) is 0 Å². The Labute approximate surface area is 63.0 Å². The third-order valence-electron chi connectivity index (χ3n) is 1.34. The Morgan fingerprint density at radius 3 is 2.64 bits per heavy atom. The lowest BCUT2D eigenvalue weighted by atomic mass is 10.6. The minimum absolute atomic E-state index is 0.0559. The van der Waals surface area contributed by atoms with Crippen molar-refractivity contribution in [3.63, 3.8) is 0 Å². The lowest BCUT2D eigenvalue weighted by Crippen LogP contribution is -2.28. The van der Waals surface area contributed by atoms with Crippen LogP contribution < -0.4 is 11.4 Å². The third kappa shape index (κ3) is 1.49. The summed E-state index contributed by atoms with van der Waals surface area (Å²) in [5.74, 6) is -0.515. The van der Waals surface area contributed by atoms with Crippen LogP contribution in [0.4, 0.5) is 0 Å². The first-order valence-electron chi connectivity index (χ1n) is 3.11. The van der Waals surface area contributed by atoms with Gasteiger partial charge in [0.05, 0.1) is 0 Å². The molecule has 2 N–H and O–H groups in total. The lowest BCUT2D eigenvalue weighted by Gasteiger charge is -1.93. The van der Waals surface area contributed by atoms with E-state index in [9.17, 15) is 9.59 Å².